The zero-order valence-corrected chi connectivity index (χ0v) is 23.5. The molecule has 1 aliphatic rings. The quantitative estimate of drug-likeness (QED) is 0.333. The largest absolute Gasteiger partial charge is 0.355 e. The molecule has 3 aromatic heterocycles. The first-order valence-electron chi connectivity index (χ1n) is 13.5. The van der Waals surface area contributed by atoms with Crippen molar-refractivity contribution in [3.8, 4) is 16.9 Å². The van der Waals surface area contributed by atoms with Crippen LogP contribution in [-0.4, -0.2) is 56.0 Å². The van der Waals surface area contributed by atoms with Crippen LogP contribution in [0.1, 0.15) is 43.5 Å². The molecule has 1 saturated heterocycles. The first kappa shape index (κ1) is 27.2. The van der Waals surface area contributed by atoms with E-state index in [9.17, 15) is 14.0 Å². The van der Waals surface area contributed by atoms with Crippen LogP contribution in [0.2, 0.25) is 0 Å². The molecule has 4 heterocycles. The third kappa shape index (κ3) is 4.65. The number of benzene rings is 1. The Kier molecular flexibility index (Phi) is 7.23. The van der Waals surface area contributed by atoms with Gasteiger partial charge in [-0.05, 0) is 68.2 Å². The molecule has 4 aromatic rings. The molecule has 9 heteroatoms. The van der Waals surface area contributed by atoms with E-state index < -0.39 is 11.5 Å². The topological polar surface area (TPSA) is 84.2 Å². The Balaban J connectivity index is 1.81. The minimum atomic E-state index is -0.492. The lowest BCUT2D eigenvalue weighted by molar-refractivity contribution is -0.126. The van der Waals surface area contributed by atoms with Crippen LogP contribution in [0.4, 0.5) is 10.2 Å². The highest BCUT2D eigenvalue weighted by Gasteiger charge is 2.30. The number of amides is 1. The van der Waals surface area contributed by atoms with Gasteiger partial charge in [0.2, 0.25) is 5.91 Å². The molecule has 1 fully saturated rings. The van der Waals surface area contributed by atoms with Gasteiger partial charge in [-0.3, -0.25) is 9.78 Å². The molecule has 1 aromatic carbocycles. The van der Waals surface area contributed by atoms with Crippen LogP contribution in [0.5, 0.6) is 0 Å². The zero-order chi connectivity index (χ0) is 28.7. The summed E-state index contributed by atoms with van der Waals surface area (Å²) in [4.78, 5) is 44.2. The number of aromatic nitrogens is 4. The van der Waals surface area contributed by atoms with E-state index in [-0.39, 0.29) is 17.9 Å². The fourth-order valence-electron chi connectivity index (χ4n) is 5.46. The molecule has 0 aliphatic carbocycles. The van der Waals surface area contributed by atoms with Crippen molar-refractivity contribution in [3.63, 3.8) is 0 Å². The molecule has 5 rings (SSSR count). The molecular formula is C31H33FN6O2. The maximum atomic E-state index is 15.0. The first-order valence-corrected chi connectivity index (χ1v) is 13.5. The summed E-state index contributed by atoms with van der Waals surface area (Å²) < 4.78 is 16.5. The lowest BCUT2D eigenvalue weighted by Gasteiger charge is -2.40. The second-order valence-corrected chi connectivity index (χ2v) is 10.6. The van der Waals surface area contributed by atoms with Crippen LogP contribution in [0, 0.1) is 19.7 Å². The van der Waals surface area contributed by atoms with Gasteiger partial charge in [0.1, 0.15) is 11.6 Å². The molecule has 1 aliphatic heterocycles. The third-order valence-corrected chi connectivity index (χ3v) is 7.48. The van der Waals surface area contributed by atoms with E-state index in [0.29, 0.717) is 53.4 Å². The summed E-state index contributed by atoms with van der Waals surface area (Å²) in [5.41, 5.74) is 3.70. The number of carbonyl (C=O) groups is 1. The number of hydrogen-bond acceptors (Lipinski definition) is 6. The standard InChI is InChI=1S/C31H33FN6O2/c1-7-25(39)36-14-15-37(21(6)17-36)29-23-16-20(5)27(22-10-8-9-11-24(22)32)34-30(23)38(31(40)35-29)28-19(4)12-13-33-26(28)18(2)3/h7-13,16,18,21H,1,14-15,17H2,2-6H3. The van der Waals surface area contributed by atoms with E-state index in [4.69, 9.17) is 4.98 Å². The van der Waals surface area contributed by atoms with Gasteiger partial charge < -0.3 is 9.80 Å². The van der Waals surface area contributed by atoms with E-state index in [2.05, 4.69) is 16.5 Å². The molecule has 206 valence electrons. The maximum Gasteiger partial charge on any atom is 0.355 e. The van der Waals surface area contributed by atoms with Gasteiger partial charge in [-0.2, -0.15) is 4.98 Å². The summed E-state index contributed by atoms with van der Waals surface area (Å²) in [6.45, 7) is 14.9. The number of piperazine rings is 1. The average molecular weight is 541 g/mol. The monoisotopic (exact) mass is 540 g/mol. The minimum Gasteiger partial charge on any atom is -0.350 e. The van der Waals surface area contributed by atoms with Crippen molar-refractivity contribution < 1.29 is 9.18 Å². The number of carbonyl (C=O) groups excluding carboxylic acids is 1. The number of hydrogen-bond donors (Lipinski definition) is 0. The second-order valence-electron chi connectivity index (χ2n) is 10.6. The van der Waals surface area contributed by atoms with Crippen LogP contribution in [0.3, 0.4) is 0 Å². The van der Waals surface area contributed by atoms with Gasteiger partial charge in [0.05, 0.1) is 22.5 Å². The summed E-state index contributed by atoms with van der Waals surface area (Å²) in [6.07, 6.45) is 3.05. The van der Waals surface area contributed by atoms with Gasteiger partial charge in [-0.25, -0.2) is 18.7 Å². The highest BCUT2D eigenvalue weighted by molar-refractivity contribution is 5.92. The lowest BCUT2D eigenvalue weighted by Crippen LogP contribution is -2.54. The molecule has 1 amide bonds. The SMILES string of the molecule is C=CC(=O)N1CCN(c2nc(=O)n(-c3c(C)ccnc3C(C)C)c3nc(-c4ccccc4F)c(C)cc23)C(C)C1. The number of halogens is 1. The lowest BCUT2D eigenvalue weighted by atomic mass is 10.0. The Morgan fingerprint density at radius 2 is 1.88 bits per heavy atom. The molecule has 0 spiro atoms. The minimum absolute atomic E-state index is 0.0310. The van der Waals surface area contributed by atoms with Crippen LogP contribution in [-0.2, 0) is 4.79 Å². The van der Waals surface area contributed by atoms with Crippen LogP contribution < -0.4 is 10.6 Å². The molecule has 40 heavy (non-hydrogen) atoms. The maximum absolute atomic E-state index is 15.0. The van der Waals surface area contributed by atoms with Gasteiger partial charge in [0.15, 0.2) is 5.65 Å². The van der Waals surface area contributed by atoms with E-state index in [1.54, 1.807) is 29.3 Å². The molecule has 0 saturated carbocycles. The summed E-state index contributed by atoms with van der Waals surface area (Å²) in [6, 6.07) is 10.2. The van der Waals surface area contributed by atoms with Gasteiger partial charge in [-0.1, -0.05) is 32.6 Å². The summed E-state index contributed by atoms with van der Waals surface area (Å²) in [7, 11) is 0. The van der Waals surface area contributed by atoms with Crippen molar-refractivity contribution in [1.29, 1.82) is 0 Å². The highest BCUT2D eigenvalue weighted by atomic mass is 19.1. The Bertz CT molecular complexity index is 1700. The number of rotatable bonds is 5. The molecular weight excluding hydrogens is 507 g/mol. The number of fused-ring (bicyclic) bond motifs is 1. The first-order chi connectivity index (χ1) is 19.1. The Morgan fingerprint density at radius 1 is 1.12 bits per heavy atom. The predicted molar refractivity (Wildman–Crippen MR) is 155 cm³/mol. The fraction of sp³-hybridized carbons (Fsp3) is 0.323. The highest BCUT2D eigenvalue weighted by Crippen LogP contribution is 2.34. The van der Waals surface area contributed by atoms with Crippen molar-refractivity contribution in [3.05, 3.63) is 88.4 Å². The van der Waals surface area contributed by atoms with Gasteiger partial charge in [0.25, 0.3) is 0 Å². The number of nitrogens with zero attached hydrogens (tertiary/aromatic N) is 6. The van der Waals surface area contributed by atoms with E-state index >= 15 is 0 Å². The average Bonchev–Trinajstić information content (AvgIpc) is 2.93. The van der Waals surface area contributed by atoms with Crippen LogP contribution in [0.15, 0.2) is 60.0 Å². The number of anilines is 1. The molecule has 1 atom stereocenters. The smallest absolute Gasteiger partial charge is 0.350 e. The molecule has 0 bridgehead atoms. The molecule has 0 N–H and O–H groups in total. The van der Waals surface area contributed by atoms with Crippen molar-refractivity contribution in [1.82, 2.24) is 24.4 Å². The van der Waals surface area contributed by atoms with Crippen molar-refractivity contribution >= 4 is 22.8 Å². The number of pyridine rings is 2. The van der Waals surface area contributed by atoms with Gasteiger partial charge in [0, 0.05) is 37.4 Å². The van der Waals surface area contributed by atoms with Gasteiger partial charge >= 0.3 is 5.69 Å². The second kappa shape index (κ2) is 10.6. The fourth-order valence-corrected chi connectivity index (χ4v) is 5.46. The van der Waals surface area contributed by atoms with E-state index in [1.807, 2.05) is 51.7 Å². The van der Waals surface area contributed by atoms with E-state index in [0.717, 1.165) is 16.8 Å². The summed E-state index contributed by atoms with van der Waals surface area (Å²) >= 11 is 0. The van der Waals surface area contributed by atoms with Crippen molar-refractivity contribution in [2.75, 3.05) is 24.5 Å². The van der Waals surface area contributed by atoms with E-state index in [1.165, 1.54) is 16.7 Å². The Morgan fingerprint density at radius 3 is 2.55 bits per heavy atom. The molecule has 1 unspecified atom stereocenters. The summed E-state index contributed by atoms with van der Waals surface area (Å²) in [5, 5.41) is 0.672. The Hall–Kier alpha value is -4.40. The zero-order valence-electron chi connectivity index (χ0n) is 23.5. The van der Waals surface area contributed by atoms with Crippen LogP contribution >= 0.6 is 0 Å². The van der Waals surface area contributed by atoms with Crippen molar-refractivity contribution in [2.45, 2.75) is 46.6 Å². The number of aryl methyl sites for hydroxylation is 2. The van der Waals surface area contributed by atoms with Crippen molar-refractivity contribution in [2.24, 2.45) is 0 Å². The normalized spacial score (nSPS) is 15.6. The summed E-state index contributed by atoms with van der Waals surface area (Å²) in [5.74, 6) is 0.0130. The molecule has 0 radical (unpaired) electrons. The predicted octanol–water partition coefficient (Wildman–Crippen LogP) is 4.95. The third-order valence-electron chi connectivity index (χ3n) is 7.48. The van der Waals surface area contributed by atoms with Crippen LogP contribution in [0.25, 0.3) is 28.0 Å². The van der Waals surface area contributed by atoms with Gasteiger partial charge in [-0.15, -0.1) is 0 Å². The molecule has 8 nitrogen and oxygen atoms in total. The Labute approximate surface area is 232 Å².